The third-order valence-corrected chi connectivity index (χ3v) is 5.16. The average molecular weight is 382 g/mol. The van der Waals surface area contributed by atoms with Gasteiger partial charge in [-0.1, -0.05) is 36.4 Å². The number of carbonyl (C=O) groups is 1. The van der Waals surface area contributed by atoms with Crippen molar-refractivity contribution in [1.29, 1.82) is 0 Å². The molecule has 1 aliphatic carbocycles. The van der Waals surface area contributed by atoms with Crippen LogP contribution in [0, 0.1) is 0 Å². The second-order valence-electron chi connectivity index (χ2n) is 6.67. The summed E-state index contributed by atoms with van der Waals surface area (Å²) in [4.78, 5) is 15.1. The van der Waals surface area contributed by atoms with Gasteiger partial charge in [-0.3, -0.25) is 15.1 Å². The van der Waals surface area contributed by atoms with Gasteiger partial charge in [0.15, 0.2) is 5.11 Å². The highest BCUT2D eigenvalue weighted by Crippen LogP contribution is 2.30. The normalized spacial score (nSPS) is 18.2. The molecule has 0 saturated carbocycles. The van der Waals surface area contributed by atoms with E-state index in [9.17, 15) is 4.79 Å². The maximum Gasteiger partial charge on any atom is 0.214 e. The molecule has 7 heteroatoms. The molecule has 0 aromatic heterocycles. The highest BCUT2D eigenvalue weighted by Gasteiger charge is 2.28. The van der Waals surface area contributed by atoms with E-state index in [0.29, 0.717) is 16.4 Å². The van der Waals surface area contributed by atoms with Crippen molar-refractivity contribution in [3.05, 3.63) is 47.5 Å². The Kier molecular flexibility index (Phi) is 5.42. The minimum atomic E-state index is -0.0654. The number of hydrazone groups is 1. The molecule has 0 spiro atoms. The lowest BCUT2D eigenvalue weighted by molar-refractivity contribution is 0.0376. The molecule has 0 amide bonds. The summed E-state index contributed by atoms with van der Waals surface area (Å²) in [6, 6.07) is 11.6. The largest absolute Gasteiger partial charge is 0.379 e. The lowest BCUT2D eigenvalue weighted by atomic mass is 10.1. The van der Waals surface area contributed by atoms with Gasteiger partial charge in [0.1, 0.15) is 5.71 Å². The molecule has 0 bridgehead atoms. The quantitative estimate of drug-likeness (QED) is 0.468. The number of morpholine rings is 1. The molecular formula is C20H22N4O2S. The van der Waals surface area contributed by atoms with Gasteiger partial charge in [-0.05, 0) is 30.6 Å². The SMILES string of the molecule is O=C1/C(=N\NC(=S)NCCCN2CCOCC2)c2cccc3cccc1c23. The molecule has 1 heterocycles. The number of hydrogen-bond acceptors (Lipinski definition) is 5. The van der Waals surface area contributed by atoms with Gasteiger partial charge in [0, 0.05) is 36.1 Å². The number of Topliss-reactive ketones (excluding diaryl/α,β-unsaturated/α-hetero) is 1. The van der Waals surface area contributed by atoms with Gasteiger partial charge in [0.25, 0.3) is 0 Å². The van der Waals surface area contributed by atoms with E-state index < -0.39 is 0 Å². The monoisotopic (exact) mass is 382 g/mol. The Morgan fingerprint density at radius 3 is 2.67 bits per heavy atom. The van der Waals surface area contributed by atoms with Crippen LogP contribution in [0.4, 0.5) is 0 Å². The lowest BCUT2D eigenvalue weighted by Gasteiger charge is -2.26. The van der Waals surface area contributed by atoms with E-state index in [2.05, 4.69) is 20.7 Å². The van der Waals surface area contributed by atoms with Crippen molar-refractivity contribution in [3.8, 4) is 0 Å². The summed E-state index contributed by atoms with van der Waals surface area (Å²) >= 11 is 5.29. The lowest BCUT2D eigenvalue weighted by Crippen LogP contribution is -2.39. The highest BCUT2D eigenvalue weighted by atomic mass is 32.1. The first-order valence-electron chi connectivity index (χ1n) is 9.22. The van der Waals surface area contributed by atoms with Crippen LogP contribution in [-0.4, -0.2) is 60.9 Å². The van der Waals surface area contributed by atoms with Crippen LogP contribution in [0.3, 0.4) is 0 Å². The van der Waals surface area contributed by atoms with Crippen LogP contribution in [0.1, 0.15) is 22.3 Å². The number of carbonyl (C=O) groups excluding carboxylic acids is 1. The number of nitrogens with one attached hydrogen (secondary N) is 2. The molecule has 2 N–H and O–H groups in total. The molecule has 27 heavy (non-hydrogen) atoms. The molecule has 1 aliphatic heterocycles. The van der Waals surface area contributed by atoms with Gasteiger partial charge in [-0.25, -0.2) is 0 Å². The summed E-state index contributed by atoms with van der Waals surface area (Å²) < 4.78 is 5.35. The van der Waals surface area contributed by atoms with Crippen molar-refractivity contribution in [2.75, 3.05) is 39.4 Å². The fraction of sp³-hybridized carbons (Fsp3) is 0.350. The Morgan fingerprint density at radius 2 is 1.89 bits per heavy atom. The summed E-state index contributed by atoms with van der Waals surface area (Å²) in [6.07, 6.45) is 0.988. The smallest absolute Gasteiger partial charge is 0.214 e. The number of benzene rings is 2. The Balaban J connectivity index is 1.33. The van der Waals surface area contributed by atoms with Gasteiger partial charge < -0.3 is 10.1 Å². The Morgan fingerprint density at radius 1 is 1.15 bits per heavy atom. The third-order valence-electron chi connectivity index (χ3n) is 4.93. The van der Waals surface area contributed by atoms with Crippen molar-refractivity contribution in [2.24, 2.45) is 5.10 Å². The number of rotatable bonds is 5. The number of thiocarbonyl (C=S) groups is 1. The van der Waals surface area contributed by atoms with Crippen LogP contribution in [0.5, 0.6) is 0 Å². The first-order chi connectivity index (χ1) is 13.2. The zero-order chi connectivity index (χ0) is 18.6. The summed E-state index contributed by atoms with van der Waals surface area (Å²) in [6.45, 7) is 5.39. The van der Waals surface area contributed by atoms with Crippen molar-refractivity contribution in [2.45, 2.75) is 6.42 Å². The van der Waals surface area contributed by atoms with Gasteiger partial charge >= 0.3 is 0 Å². The number of hydrogen-bond donors (Lipinski definition) is 2. The zero-order valence-electron chi connectivity index (χ0n) is 15.0. The summed E-state index contributed by atoms with van der Waals surface area (Å²) in [5, 5.41) is 9.90. The molecule has 6 nitrogen and oxygen atoms in total. The van der Waals surface area contributed by atoms with Crippen molar-refractivity contribution in [3.63, 3.8) is 0 Å². The van der Waals surface area contributed by atoms with Crippen molar-refractivity contribution < 1.29 is 9.53 Å². The molecule has 1 fully saturated rings. The molecule has 0 atom stereocenters. The molecule has 2 aliphatic rings. The highest BCUT2D eigenvalue weighted by molar-refractivity contribution is 7.80. The van der Waals surface area contributed by atoms with Crippen LogP contribution in [0.25, 0.3) is 10.8 Å². The van der Waals surface area contributed by atoms with Gasteiger partial charge in [-0.15, -0.1) is 0 Å². The zero-order valence-corrected chi connectivity index (χ0v) is 15.8. The van der Waals surface area contributed by atoms with E-state index in [1.165, 1.54) is 0 Å². The predicted octanol–water partition coefficient (Wildman–Crippen LogP) is 1.93. The molecule has 1 saturated heterocycles. The van der Waals surface area contributed by atoms with Crippen LogP contribution >= 0.6 is 12.2 Å². The Hall–Kier alpha value is -2.35. The summed E-state index contributed by atoms with van der Waals surface area (Å²) in [5.74, 6) is -0.0654. The van der Waals surface area contributed by atoms with Gasteiger partial charge in [-0.2, -0.15) is 5.10 Å². The Bertz CT molecular complexity index is 901. The van der Waals surface area contributed by atoms with E-state index in [4.69, 9.17) is 17.0 Å². The second kappa shape index (κ2) is 8.12. The second-order valence-corrected chi connectivity index (χ2v) is 7.08. The topological polar surface area (TPSA) is 66.0 Å². The minimum absolute atomic E-state index is 0.0654. The molecule has 140 valence electrons. The standard InChI is InChI=1S/C20H22N4O2S/c25-19-16-7-2-5-14-4-1-6-15(17(14)16)18(19)22-23-20(27)21-8-3-9-24-10-12-26-13-11-24/h1-2,4-7H,3,8-13H2,(H2,21,23,27)/b22-18-. The molecule has 0 radical (unpaired) electrons. The van der Waals surface area contributed by atoms with E-state index in [0.717, 1.165) is 62.1 Å². The predicted molar refractivity (Wildman–Crippen MR) is 110 cm³/mol. The Labute approximate surface area is 163 Å². The minimum Gasteiger partial charge on any atom is -0.379 e. The van der Waals surface area contributed by atoms with Crippen LogP contribution < -0.4 is 10.7 Å². The van der Waals surface area contributed by atoms with Crippen molar-refractivity contribution >= 4 is 39.6 Å². The van der Waals surface area contributed by atoms with E-state index in [1.54, 1.807) is 0 Å². The number of ketones is 1. The third kappa shape index (κ3) is 3.85. The van der Waals surface area contributed by atoms with Crippen LogP contribution in [-0.2, 0) is 4.74 Å². The van der Waals surface area contributed by atoms with E-state index in [-0.39, 0.29) is 5.78 Å². The maximum atomic E-state index is 12.7. The molecule has 4 rings (SSSR count). The van der Waals surface area contributed by atoms with Crippen LogP contribution in [0.2, 0.25) is 0 Å². The molecule has 2 aromatic rings. The number of ether oxygens (including phenoxy) is 1. The van der Waals surface area contributed by atoms with Gasteiger partial charge in [0.05, 0.1) is 13.2 Å². The fourth-order valence-electron chi connectivity index (χ4n) is 3.56. The molecule has 0 unspecified atom stereocenters. The van der Waals surface area contributed by atoms with Crippen molar-refractivity contribution in [1.82, 2.24) is 15.6 Å². The van der Waals surface area contributed by atoms with E-state index in [1.807, 2.05) is 36.4 Å². The average Bonchev–Trinajstić information content (AvgIpc) is 2.98. The maximum absolute atomic E-state index is 12.7. The van der Waals surface area contributed by atoms with Crippen LogP contribution in [0.15, 0.2) is 41.5 Å². The number of nitrogens with zero attached hydrogens (tertiary/aromatic N) is 2. The molecule has 2 aromatic carbocycles. The summed E-state index contributed by atoms with van der Waals surface area (Å²) in [5.41, 5.74) is 4.80. The molecular weight excluding hydrogens is 360 g/mol. The first-order valence-corrected chi connectivity index (χ1v) is 9.63. The fourth-order valence-corrected chi connectivity index (χ4v) is 3.71. The first kappa shape index (κ1) is 18.0. The van der Waals surface area contributed by atoms with E-state index >= 15 is 0 Å². The van der Waals surface area contributed by atoms with Gasteiger partial charge in [0.2, 0.25) is 5.78 Å². The summed E-state index contributed by atoms with van der Waals surface area (Å²) in [7, 11) is 0.